The van der Waals surface area contributed by atoms with E-state index in [4.69, 9.17) is 10.5 Å². The first-order chi connectivity index (χ1) is 6.19. The van der Waals surface area contributed by atoms with Gasteiger partial charge in [0.1, 0.15) is 17.3 Å². The first-order valence-corrected chi connectivity index (χ1v) is 3.94. The highest BCUT2D eigenvalue weighted by Gasteiger charge is 2.09. The molecule has 4 heteroatoms. The molecule has 0 radical (unpaired) electrons. The molecule has 3 nitrogen and oxygen atoms in total. The molecule has 0 saturated carbocycles. The van der Waals surface area contributed by atoms with Gasteiger partial charge in [-0.1, -0.05) is 0 Å². The average molecular weight is 185 g/mol. The van der Waals surface area contributed by atoms with Crippen LogP contribution in [-0.2, 0) is 6.42 Å². The van der Waals surface area contributed by atoms with Crippen LogP contribution in [0.3, 0.4) is 0 Å². The Bertz CT molecular complexity index is 302. The van der Waals surface area contributed by atoms with Gasteiger partial charge in [-0.25, -0.2) is 4.39 Å². The van der Waals surface area contributed by atoms with Crippen LogP contribution in [0.5, 0.6) is 11.5 Å². The van der Waals surface area contributed by atoms with Gasteiger partial charge >= 0.3 is 0 Å². The van der Waals surface area contributed by atoms with Crippen molar-refractivity contribution in [3.05, 3.63) is 23.5 Å². The zero-order valence-corrected chi connectivity index (χ0v) is 7.38. The number of ether oxygens (including phenoxy) is 1. The Morgan fingerprint density at radius 3 is 2.77 bits per heavy atom. The topological polar surface area (TPSA) is 55.5 Å². The van der Waals surface area contributed by atoms with Crippen molar-refractivity contribution in [1.82, 2.24) is 0 Å². The van der Waals surface area contributed by atoms with Crippen molar-refractivity contribution in [2.24, 2.45) is 5.73 Å². The Labute approximate surface area is 75.9 Å². The third kappa shape index (κ3) is 2.09. The first-order valence-electron chi connectivity index (χ1n) is 3.94. The number of nitrogens with two attached hydrogens (primary N) is 1. The number of benzene rings is 1. The monoisotopic (exact) mass is 185 g/mol. The van der Waals surface area contributed by atoms with Crippen molar-refractivity contribution in [2.45, 2.75) is 6.42 Å². The van der Waals surface area contributed by atoms with E-state index >= 15 is 0 Å². The highest BCUT2D eigenvalue weighted by molar-refractivity contribution is 5.44. The van der Waals surface area contributed by atoms with Crippen molar-refractivity contribution >= 4 is 0 Å². The first kappa shape index (κ1) is 9.80. The van der Waals surface area contributed by atoms with Crippen LogP contribution in [0.15, 0.2) is 12.1 Å². The van der Waals surface area contributed by atoms with E-state index in [0.717, 1.165) is 6.07 Å². The fourth-order valence-corrected chi connectivity index (χ4v) is 1.18. The molecule has 0 saturated heterocycles. The van der Waals surface area contributed by atoms with Crippen molar-refractivity contribution in [3.8, 4) is 11.5 Å². The number of hydrogen-bond acceptors (Lipinski definition) is 3. The summed E-state index contributed by atoms with van der Waals surface area (Å²) in [5, 5.41) is 9.36. The maximum absolute atomic E-state index is 12.8. The Morgan fingerprint density at radius 1 is 1.54 bits per heavy atom. The normalized spacial score (nSPS) is 10.1. The van der Waals surface area contributed by atoms with Crippen molar-refractivity contribution in [2.75, 3.05) is 13.7 Å². The molecule has 1 aromatic carbocycles. The van der Waals surface area contributed by atoms with E-state index in [0.29, 0.717) is 24.3 Å². The van der Waals surface area contributed by atoms with Gasteiger partial charge in [-0.3, -0.25) is 0 Å². The summed E-state index contributed by atoms with van der Waals surface area (Å²) in [6, 6.07) is 2.28. The molecule has 0 unspecified atom stereocenters. The van der Waals surface area contributed by atoms with E-state index in [9.17, 15) is 9.50 Å². The van der Waals surface area contributed by atoms with Crippen LogP contribution in [-0.4, -0.2) is 18.8 Å². The zero-order valence-electron chi connectivity index (χ0n) is 7.38. The van der Waals surface area contributed by atoms with Gasteiger partial charge in [-0.15, -0.1) is 0 Å². The second kappa shape index (κ2) is 4.09. The lowest BCUT2D eigenvalue weighted by Crippen LogP contribution is -2.04. The standard InChI is InChI=1S/C9H12FNO2/c1-13-9-5-6(10)4-8(12)7(9)2-3-11/h4-5,12H,2-3,11H2,1H3. The zero-order chi connectivity index (χ0) is 9.84. The maximum atomic E-state index is 12.8. The number of methoxy groups -OCH3 is 1. The Kier molecular flexibility index (Phi) is 3.08. The molecule has 3 N–H and O–H groups in total. The summed E-state index contributed by atoms with van der Waals surface area (Å²) in [6.45, 7) is 0.384. The van der Waals surface area contributed by atoms with Gasteiger partial charge in [0, 0.05) is 17.7 Å². The molecule has 0 amide bonds. The van der Waals surface area contributed by atoms with Gasteiger partial charge in [-0.05, 0) is 13.0 Å². The van der Waals surface area contributed by atoms with Crippen LogP contribution in [0, 0.1) is 5.82 Å². The highest BCUT2D eigenvalue weighted by atomic mass is 19.1. The van der Waals surface area contributed by atoms with Gasteiger partial charge in [0.2, 0.25) is 0 Å². The van der Waals surface area contributed by atoms with Crippen molar-refractivity contribution in [3.63, 3.8) is 0 Å². The van der Waals surface area contributed by atoms with E-state index in [2.05, 4.69) is 0 Å². The fourth-order valence-electron chi connectivity index (χ4n) is 1.18. The minimum absolute atomic E-state index is 0.109. The lowest BCUT2D eigenvalue weighted by Gasteiger charge is -2.09. The number of hydrogen-bond donors (Lipinski definition) is 2. The van der Waals surface area contributed by atoms with E-state index in [1.165, 1.54) is 13.2 Å². The minimum atomic E-state index is -0.518. The summed E-state index contributed by atoms with van der Waals surface area (Å²) in [4.78, 5) is 0. The van der Waals surface area contributed by atoms with Crippen molar-refractivity contribution < 1.29 is 14.2 Å². The highest BCUT2D eigenvalue weighted by Crippen LogP contribution is 2.28. The van der Waals surface area contributed by atoms with Gasteiger partial charge in [-0.2, -0.15) is 0 Å². The number of halogens is 1. The summed E-state index contributed by atoms with van der Waals surface area (Å²) in [5.74, 6) is -0.291. The fraction of sp³-hybridized carbons (Fsp3) is 0.333. The summed E-state index contributed by atoms with van der Waals surface area (Å²) in [7, 11) is 1.42. The van der Waals surface area contributed by atoms with Crippen LogP contribution in [0.2, 0.25) is 0 Å². The van der Waals surface area contributed by atoms with Crippen LogP contribution in [0.1, 0.15) is 5.56 Å². The molecule has 0 spiro atoms. The van der Waals surface area contributed by atoms with E-state index in [1.807, 2.05) is 0 Å². The average Bonchev–Trinajstić information content (AvgIpc) is 2.09. The van der Waals surface area contributed by atoms with Gasteiger partial charge in [0.05, 0.1) is 7.11 Å². The Balaban J connectivity index is 3.13. The molecule has 0 aromatic heterocycles. The van der Waals surface area contributed by atoms with Gasteiger partial charge < -0.3 is 15.6 Å². The van der Waals surface area contributed by atoms with Crippen LogP contribution in [0.4, 0.5) is 4.39 Å². The lowest BCUT2D eigenvalue weighted by atomic mass is 10.1. The molecule has 0 aliphatic heterocycles. The molecular formula is C9H12FNO2. The third-order valence-electron chi connectivity index (χ3n) is 1.76. The summed E-state index contributed by atoms with van der Waals surface area (Å²) in [6.07, 6.45) is 0.468. The quantitative estimate of drug-likeness (QED) is 0.739. The molecular weight excluding hydrogens is 173 g/mol. The predicted molar refractivity (Wildman–Crippen MR) is 47.4 cm³/mol. The maximum Gasteiger partial charge on any atom is 0.130 e. The van der Waals surface area contributed by atoms with E-state index in [1.54, 1.807) is 0 Å². The van der Waals surface area contributed by atoms with Gasteiger partial charge in [0.25, 0.3) is 0 Å². The second-order valence-corrected chi connectivity index (χ2v) is 2.64. The molecule has 0 aliphatic rings. The number of phenolic OH excluding ortho intramolecular Hbond substituents is 1. The van der Waals surface area contributed by atoms with Crippen LogP contribution >= 0.6 is 0 Å². The predicted octanol–water partition coefficient (Wildman–Crippen LogP) is 1.04. The number of aromatic hydroxyl groups is 1. The minimum Gasteiger partial charge on any atom is -0.507 e. The molecule has 72 valence electrons. The number of phenols is 1. The van der Waals surface area contributed by atoms with Gasteiger partial charge in [0.15, 0.2) is 0 Å². The molecule has 0 heterocycles. The molecule has 1 aromatic rings. The molecule has 13 heavy (non-hydrogen) atoms. The second-order valence-electron chi connectivity index (χ2n) is 2.64. The molecule has 0 aliphatic carbocycles. The van der Waals surface area contributed by atoms with Crippen LogP contribution in [0.25, 0.3) is 0 Å². The molecule has 0 fully saturated rings. The van der Waals surface area contributed by atoms with E-state index in [-0.39, 0.29) is 5.75 Å². The Morgan fingerprint density at radius 2 is 2.23 bits per heavy atom. The summed E-state index contributed by atoms with van der Waals surface area (Å²) in [5.41, 5.74) is 5.88. The summed E-state index contributed by atoms with van der Waals surface area (Å²) < 4.78 is 17.7. The third-order valence-corrected chi connectivity index (χ3v) is 1.76. The smallest absolute Gasteiger partial charge is 0.130 e. The SMILES string of the molecule is COc1cc(F)cc(O)c1CCN. The lowest BCUT2D eigenvalue weighted by molar-refractivity contribution is 0.394. The van der Waals surface area contributed by atoms with Crippen molar-refractivity contribution in [1.29, 1.82) is 0 Å². The summed E-state index contributed by atoms with van der Waals surface area (Å²) >= 11 is 0. The number of rotatable bonds is 3. The Hall–Kier alpha value is -1.29. The molecule has 0 atom stereocenters. The van der Waals surface area contributed by atoms with E-state index < -0.39 is 5.82 Å². The molecule has 1 rings (SSSR count). The van der Waals surface area contributed by atoms with Crippen LogP contribution < -0.4 is 10.5 Å². The largest absolute Gasteiger partial charge is 0.507 e. The molecule has 0 bridgehead atoms.